The van der Waals surface area contributed by atoms with Crippen LogP contribution in [0.25, 0.3) is 0 Å². The average molecular weight is 874 g/mol. The second-order valence-corrected chi connectivity index (χ2v) is 47.2. The molecule has 0 N–H and O–H groups in total. The summed E-state index contributed by atoms with van der Waals surface area (Å²) in [6.07, 6.45) is 6.16. The molecule has 0 saturated carbocycles. The lowest BCUT2D eigenvalue weighted by Gasteiger charge is -2.41. The Balaban J connectivity index is 0.000000374. The van der Waals surface area contributed by atoms with Crippen molar-refractivity contribution in [2.45, 2.75) is 154 Å². The minimum Gasteiger partial charge on any atom is -0.437 e. The number of epoxide rings is 3. The fourth-order valence-electron chi connectivity index (χ4n) is 6.47. The van der Waals surface area contributed by atoms with Gasteiger partial charge in [0.15, 0.2) is 33.3 Å². The highest BCUT2D eigenvalue weighted by molar-refractivity contribution is 6.91. The van der Waals surface area contributed by atoms with Crippen molar-refractivity contribution in [1.82, 2.24) is 0 Å². The van der Waals surface area contributed by atoms with Gasteiger partial charge in [-0.1, -0.05) is 6.08 Å². The third-order valence-electron chi connectivity index (χ3n) is 8.14. The van der Waals surface area contributed by atoms with Crippen molar-refractivity contribution in [1.29, 1.82) is 0 Å². The Morgan fingerprint density at radius 3 is 1.17 bits per heavy atom. The predicted molar refractivity (Wildman–Crippen MR) is 233 cm³/mol. The maximum Gasteiger partial charge on any atom is 0.340 e. The van der Waals surface area contributed by atoms with Gasteiger partial charge in [0.05, 0.1) is 39.6 Å². The summed E-state index contributed by atoms with van der Waals surface area (Å²) < 4.78 is 65.7. The van der Waals surface area contributed by atoms with Crippen LogP contribution in [-0.2, 0) is 49.0 Å². The van der Waals surface area contributed by atoms with Gasteiger partial charge in [0.25, 0.3) is 0 Å². The molecule has 3 heterocycles. The molecule has 3 saturated heterocycles. The number of ether oxygens (including phenoxy) is 6. The highest BCUT2D eigenvalue weighted by atomic mass is 28.5. The molecule has 3 aliphatic rings. The molecule has 3 aliphatic heterocycles. The standard InChI is InChI=1S/C20H42O6Si3.C15H38O5Si4/c1-7-12-29(6,25-27(2,3)13-8-10-21-15-19-17-23-19)26-28(4,5)14-9-11-22-16-20-18-24-20;1-21(2,3)18-23(7,8)20-24(9,19-22(4,5)6)12-10-11-16-13-15-14-17-15/h7,12,19-20H,8-11,13-18H2,1-6H3;15H,10-14H2,1-9H3/b12-7+;. The van der Waals surface area contributed by atoms with E-state index in [0.717, 1.165) is 90.2 Å². The lowest BCUT2D eigenvalue weighted by molar-refractivity contribution is 0.115. The van der Waals surface area contributed by atoms with E-state index in [2.05, 4.69) is 110 Å². The van der Waals surface area contributed by atoms with Crippen LogP contribution in [0.3, 0.4) is 0 Å². The molecule has 0 aromatic heterocycles. The minimum absolute atomic E-state index is 0.333. The van der Waals surface area contributed by atoms with E-state index in [1.807, 2.05) is 0 Å². The molecule has 4 unspecified atom stereocenters. The first-order valence-electron chi connectivity index (χ1n) is 20.1. The van der Waals surface area contributed by atoms with Crippen LogP contribution in [-0.4, -0.2) is 137 Å². The highest BCUT2D eigenvalue weighted by Gasteiger charge is 2.44. The van der Waals surface area contributed by atoms with E-state index in [1.165, 1.54) is 0 Å². The van der Waals surface area contributed by atoms with Crippen molar-refractivity contribution < 1.29 is 49.0 Å². The van der Waals surface area contributed by atoms with E-state index in [4.69, 9.17) is 49.0 Å². The molecule has 0 aromatic rings. The molecule has 0 bridgehead atoms. The molecule has 53 heavy (non-hydrogen) atoms. The van der Waals surface area contributed by atoms with Gasteiger partial charge in [0.1, 0.15) is 18.3 Å². The maximum absolute atomic E-state index is 6.78. The van der Waals surface area contributed by atoms with Gasteiger partial charge in [-0.05, 0) is 142 Å². The fraction of sp³-hybridized carbons (Fsp3) is 0.943. The minimum atomic E-state index is -2.35. The average Bonchev–Trinajstić information content (AvgIpc) is 3.78. The van der Waals surface area contributed by atoms with Crippen molar-refractivity contribution in [2.24, 2.45) is 0 Å². The van der Waals surface area contributed by atoms with Crippen LogP contribution < -0.4 is 0 Å². The highest BCUT2D eigenvalue weighted by Crippen LogP contribution is 2.29. The van der Waals surface area contributed by atoms with Gasteiger partial charge < -0.3 is 49.0 Å². The largest absolute Gasteiger partial charge is 0.437 e. The second kappa shape index (κ2) is 22.3. The second-order valence-electron chi connectivity index (χ2n) is 18.7. The SMILES string of the molecule is C/C=C/[Si](C)(O[Si](C)(C)CCCOCC1CO1)O[Si](C)(C)CCCOCC1CO1.C[Si](C)(C)O[Si](C)(C)O[Si](C)(CCCOCC1CO1)O[Si](C)(C)C. The van der Waals surface area contributed by atoms with E-state index in [0.29, 0.717) is 24.9 Å². The van der Waals surface area contributed by atoms with Gasteiger partial charge in [0, 0.05) is 19.8 Å². The molecule has 314 valence electrons. The quantitative estimate of drug-likeness (QED) is 0.0410. The molecular weight excluding hydrogens is 793 g/mol. The van der Waals surface area contributed by atoms with Crippen molar-refractivity contribution in [3.63, 3.8) is 0 Å². The van der Waals surface area contributed by atoms with Gasteiger partial charge in [-0.2, -0.15) is 0 Å². The third kappa shape index (κ3) is 27.2. The van der Waals surface area contributed by atoms with Gasteiger partial charge in [-0.25, -0.2) is 0 Å². The Hall–Kier alpha value is 0.818. The van der Waals surface area contributed by atoms with Crippen LogP contribution >= 0.6 is 0 Å². The number of hydrogen-bond donors (Lipinski definition) is 0. The lowest BCUT2D eigenvalue weighted by atomic mass is 10.5. The van der Waals surface area contributed by atoms with Gasteiger partial charge in [0.2, 0.25) is 0 Å². The molecule has 11 nitrogen and oxygen atoms in total. The smallest absolute Gasteiger partial charge is 0.340 e. The van der Waals surface area contributed by atoms with E-state index in [-0.39, 0.29) is 0 Å². The summed E-state index contributed by atoms with van der Waals surface area (Å²) in [5, 5.41) is 0. The van der Waals surface area contributed by atoms with Crippen molar-refractivity contribution >= 4 is 59.0 Å². The molecule has 4 atom stereocenters. The van der Waals surface area contributed by atoms with Crippen LogP contribution in [0, 0.1) is 0 Å². The first-order chi connectivity index (χ1) is 24.3. The number of hydrogen-bond acceptors (Lipinski definition) is 11. The van der Waals surface area contributed by atoms with Gasteiger partial charge in [-0.15, -0.1) is 0 Å². The Morgan fingerprint density at radius 1 is 0.491 bits per heavy atom. The van der Waals surface area contributed by atoms with Gasteiger partial charge in [-0.3, -0.25) is 0 Å². The summed E-state index contributed by atoms with van der Waals surface area (Å²) in [6.45, 7) is 40.4. The van der Waals surface area contributed by atoms with E-state index >= 15 is 0 Å². The first kappa shape index (κ1) is 50.0. The number of allylic oxidation sites excluding steroid dienone is 1. The first-order valence-corrected chi connectivity index (χ1v) is 40.8. The van der Waals surface area contributed by atoms with E-state index in [1.54, 1.807) is 0 Å². The molecule has 0 spiro atoms. The Kier molecular flexibility index (Phi) is 21.0. The molecule has 3 fully saturated rings. The Bertz CT molecular complexity index is 1020. The molecular formula is C35H80O11Si7. The summed E-state index contributed by atoms with van der Waals surface area (Å²) >= 11 is 0. The maximum atomic E-state index is 6.78. The fourth-order valence-corrected chi connectivity index (χ4v) is 37.7. The summed E-state index contributed by atoms with van der Waals surface area (Å²) in [5.74, 6) is 0. The zero-order valence-corrected chi connectivity index (χ0v) is 43.5. The summed E-state index contributed by atoms with van der Waals surface area (Å²) in [6, 6.07) is 3.12. The molecule has 0 radical (unpaired) electrons. The normalized spacial score (nSPS) is 23.0. The molecule has 0 aromatic carbocycles. The van der Waals surface area contributed by atoms with Crippen molar-refractivity contribution in [3.8, 4) is 0 Å². The van der Waals surface area contributed by atoms with E-state index < -0.39 is 59.0 Å². The van der Waals surface area contributed by atoms with Crippen LogP contribution in [0.2, 0.25) is 110 Å². The molecule has 3 rings (SSSR count). The third-order valence-corrected chi connectivity index (χ3v) is 33.4. The topological polar surface area (TPSA) is 111 Å². The summed E-state index contributed by atoms with van der Waals surface area (Å²) in [4.78, 5) is 0. The lowest BCUT2D eigenvalue weighted by Crippen LogP contribution is -2.56. The molecule has 0 aliphatic carbocycles. The van der Waals surface area contributed by atoms with E-state index in [9.17, 15) is 0 Å². The summed E-state index contributed by atoms with van der Waals surface area (Å²) in [7, 11) is -13.8. The van der Waals surface area contributed by atoms with Crippen LogP contribution in [0.4, 0.5) is 0 Å². The van der Waals surface area contributed by atoms with Gasteiger partial charge >= 0.3 is 25.7 Å². The monoisotopic (exact) mass is 872 g/mol. The Labute approximate surface area is 332 Å². The molecule has 18 heteroatoms. The van der Waals surface area contributed by atoms with Crippen LogP contribution in [0.1, 0.15) is 26.2 Å². The van der Waals surface area contributed by atoms with Crippen molar-refractivity contribution in [3.05, 3.63) is 11.8 Å². The summed E-state index contributed by atoms with van der Waals surface area (Å²) in [5.41, 5.74) is 2.21. The zero-order valence-electron chi connectivity index (χ0n) is 36.5. The van der Waals surface area contributed by atoms with Crippen LogP contribution in [0.15, 0.2) is 11.8 Å². The number of rotatable bonds is 29. The van der Waals surface area contributed by atoms with Crippen LogP contribution in [0.5, 0.6) is 0 Å². The zero-order chi connectivity index (χ0) is 40.0. The molecule has 0 amide bonds. The predicted octanol–water partition coefficient (Wildman–Crippen LogP) is 8.51. The Morgan fingerprint density at radius 2 is 0.849 bits per heavy atom. The van der Waals surface area contributed by atoms with Crippen molar-refractivity contribution in [2.75, 3.05) is 59.5 Å².